The highest BCUT2D eigenvalue weighted by Gasteiger charge is 2.52. The molecule has 3 N–H and O–H groups in total. The monoisotopic (exact) mass is 645 g/mol. The molecule has 0 aromatic heterocycles. The molecule has 0 unspecified atom stereocenters. The van der Waals surface area contributed by atoms with Crippen LogP contribution in [-0.2, 0) is 34.7 Å². The Labute approximate surface area is 280 Å². The maximum absolute atomic E-state index is 14.1. The Morgan fingerprint density at radius 3 is 2.42 bits per heavy atom. The number of nitrogens with one attached hydrogen (secondary N) is 1. The van der Waals surface area contributed by atoms with Gasteiger partial charge >= 0.3 is 0 Å². The molecule has 9 nitrogen and oxygen atoms in total. The van der Waals surface area contributed by atoms with E-state index in [2.05, 4.69) is 5.32 Å². The third kappa shape index (κ3) is 6.34. The molecular formula is C39H39N3O6. The van der Waals surface area contributed by atoms with Gasteiger partial charge in [0.2, 0.25) is 5.91 Å². The van der Waals surface area contributed by atoms with E-state index in [-0.39, 0.29) is 37.4 Å². The van der Waals surface area contributed by atoms with Crippen molar-refractivity contribution in [3.63, 3.8) is 0 Å². The molecule has 0 saturated carbocycles. The van der Waals surface area contributed by atoms with Gasteiger partial charge in [-0.25, -0.2) is 0 Å². The summed E-state index contributed by atoms with van der Waals surface area (Å²) in [5.41, 5.74) is 3.28. The maximum atomic E-state index is 14.1. The fraction of sp³-hybridized carbons (Fsp3) is 0.256. The molecular weight excluding hydrogens is 606 g/mol. The van der Waals surface area contributed by atoms with Crippen LogP contribution < -0.4 is 15.0 Å². The topological polar surface area (TPSA) is 119 Å². The van der Waals surface area contributed by atoms with Crippen LogP contribution in [0.5, 0.6) is 5.75 Å². The molecule has 0 spiro atoms. The highest BCUT2D eigenvalue weighted by atomic mass is 16.5. The third-order valence-corrected chi connectivity index (χ3v) is 9.33. The highest BCUT2D eigenvalue weighted by molar-refractivity contribution is 6.07. The largest absolute Gasteiger partial charge is 0.497 e. The summed E-state index contributed by atoms with van der Waals surface area (Å²) in [5.74, 6) is -1.01. The van der Waals surface area contributed by atoms with Gasteiger partial charge in [0.25, 0.3) is 11.8 Å². The Balaban J connectivity index is 1.17. The van der Waals surface area contributed by atoms with Gasteiger partial charge in [0.15, 0.2) is 5.60 Å². The molecule has 2 aliphatic heterocycles. The second-order valence-electron chi connectivity index (χ2n) is 12.3. The van der Waals surface area contributed by atoms with Crippen LogP contribution >= 0.6 is 0 Å². The van der Waals surface area contributed by atoms with Gasteiger partial charge in [0.05, 0.1) is 32.0 Å². The first kappa shape index (κ1) is 32.7. The molecule has 4 aromatic rings. The molecule has 3 amide bonds. The number of hydrogen-bond donors (Lipinski definition) is 3. The van der Waals surface area contributed by atoms with Crippen molar-refractivity contribution in [1.82, 2.24) is 4.90 Å². The molecule has 3 atom stereocenters. The van der Waals surface area contributed by atoms with E-state index >= 15 is 0 Å². The van der Waals surface area contributed by atoms with Gasteiger partial charge in [-0.2, -0.15) is 0 Å². The Morgan fingerprint density at radius 2 is 1.71 bits per heavy atom. The summed E-state index contributed by atoms with van der Waals surface area (Å²) in [6, 6.07) is 29.0. The van der Waals surface area contributed by atoms with Crippen LogP contribution in [0.3, 0.4) is 0 Å². The van der Waals surface area contributed by atoms with Gasteiger partial charge in [-0.15, -0.1) is 0 Å². The number of hydrogen-bond acceptors (Lipinski definition) is 6. The number of ether oxygens (including phenoxy) is 1. The van der Waals surface area contributed by atoms with E-state index in [4.69, 9.17) is 4.74 Å². The number of benzene rings is 4. The molecule has 0 radical (unpaired) electrons. The number of nitrogens with zero attached hydrogens (tertiary/aromatic N) is 2. The van der Waals surface area contributed by atoms with E-state index in [9.17, 15) is 24.6 Å². The summed E-state index contributed by atoms with van der Waals surface area (Å²) < 4.78 is 5.44. The Kier molecular flexibility index (Phi) is 9.43. The van der Waals surface area contributed by atoms with Gasteiger partial charge in [0, 0.05) is 35.7 Å². The average Bonchev–Trinajstić information content (AvgIpc) is 3.33. The van der Waals surface area contributed by atoms with Gasteiger partial charge in [-0.1, -0.05) is 73.7 Å². The molecule has 2 aliphatic rings. The average molecular weight is 646 g/mol. The van der Waals surface area contributed by atoms with Crippen LogP contribution in [0, 0.1) is 5.92 Å². The van der Waals surface area contributed by atoms with Crippen molar-refractivity contribution in [2.45, 2.75) is 44.5 Å². The molecule has 0 bridgehead atoms. The Morgan fingerprint density at radius 1 is 1.00 bits per heavy atom. The van der Waals surface area contributed by atoms with Crippen molar-refractivity contribution in [1.29, 1.82) is 0 Å². The quantitative estimate of drug-likeness (QED) is 0.204. The van der Waals surface area contributed by atoms with Crippen molar-refractivity contribution >= 4 is 29.1 Å². The molecule has 48 heavy (non-hydrogen) atoms. The molecule has 9 heteroatoms. The summed E-state index contributed by atoms with van der Waals surface area (Å²) in [6.07, 6.45) is 4.05. The summed E-state index contributed by atoms with van der Waals surface area (Å²) in [4.78, 5) is 43.2. The lowest BCUT2D eigenvalue weighted by Crippen LogP contribution is -2.46. The minimum Gasteiger partial charge on any atom is -0.497 e. The summed E-state index contributed by atoms with van der Waals surface area (Å²) >= 11 is 0. The van der Waals surface area contributed by atoms with E-state index in [1.54, 1.807) is 83.5 Å². The van der Waals surface area contributed by atoms with Crippen molar-refractivity contribution in [2.75, 3.05) is 23.9 Å². The normalized spacial score (nSPS) is 19.2. The molecule has 0 aliphatic carbocycles. The summed E-state index contributed by atoms with van der Waals surface area (Å²) in [5, 5.41) is 25.0. The van der Waals surface area contributed by atoms with Crippen LogP contribution in [0.1, 0.15) is 46.0 Å². The second-order valence-corrected chi connectivity index (χ2v) is 12.3. The van der Waals surface area contributed by atoms with Gasteiger partial charge < -0.3 is 30.1 Å². The zero-order valence-corrected chi connectivity index (χ0v) is 27.0. The maximum Gasteiger partial charge on any atom is 0.264 e. The number of anilines is 2. The standard InChI is InChI=1S/C39H39N3O6/c1-26(9-8-14-36(44)41-24-30-13-7-6-12-29(30)21-32(41)25-43)39(47)34-22-33(48-2)19-20-35(34)42(38(39)46)23-27-15-17-31(18-16-27)40-37(45)28-10-4-3-5-11-28/h3-13,15-20,22,26,32,43,47H,14,21,23-25H2,1-2H3,(H,40,45)/b9-8+/t26-,32-,39+/m0/s1. The molecule has 0 saturated heterocycles. The zero-order valence-electron chi connectivity index (χ0n) is 27.0. The lowest BCUT2D eigenvalue weighted by molar-refractivity contribution is -0.139. The van der Waals surface area contributed by atoms with Crippen LogP contribution in [0.15, 0.2) is 109 Å². The fourth-order valence-electron chi connectivity index (χ4n) is 6.55. The lowest BCUT2D eigenvalue weighted by atomic mass is 9.82. The Bertz CT molecular complexity index is 1840. The van der Waals surface area contributed by atoms with Gasteiger partial charge in [0.1, 0.15) is 5.75 Å². The Hall–Kier alpha value is -5.25. The van der Waals surface area contributed by atoms with Crippen LogP contribution in [-0.4, -0.2) is 52.6 Å². The van der Waals surface area contributed by atoms with Gasteiger partial charge in [-0.3, -0.25) is 14.4 Å². The van der Waals surface area contributed by atoms with E-state index in [0.717, 1.165) is 16.7 Å². The van der Waals surface area contributed by atoms with Crippen molar-refractivity contribution in [2.24, 2.45) is 5.92 Å². The number of fused-ring (bicyclic) bond motifs is 2. The highest BCUT2D eigenvalue weighted by Crippen LogP contribution is 2.47. The molecule has 2 heterocycles. The van der Waals surface area contributed by atoms with Crippen molar-refractivity contribution in [3.8, 4) is 5.75 Å². The lowest BCUT2D eigenvalue weighted by Gasteiger charge is -2.36. The van der Waals surface area contributed by atoms with Crippen LogP contribution in [0.4, 0.5) is 11.4 Å². The number of methoxy groups -OCH3 is 1. The van der Waals surface area contributed by atoms with Gasteiger partial charge in [-0.05, 0) is 65.6 Å². The molecule has 4 aromatic carbocycles. The first-order chi connectivity index (χ1) is 23.2. The van der Waals surface area contributed by atoms with Crippen molar-refractivity contribution < 1.29 is 29.3 Å². The number of amides is 3. The predicted octanol–water partition coefficient (Wildman–Crippen LogP) is 5.21. The molecule has 6 rings (SSSR count). The van der Waals surface area contributed by atoms with E-state index < -0.39 is 17.4 Å². The summed E-state index contributed by atoms with van der Waals surface area (Å²) in [7, 11) is 1.53. The zero-order chi connectivity index (χ0) is 33.8. The number of carbonyl (C=O) groups excluding carboxylic acids is 3. The SMILES string of the molecule is COc1ccc2c(c1)[C@](O)([C@@H](C)/C=C/CC(=O)N1Cc3ccccc3C[C@H]1CO)C(=O)N2Cc1ccc(NC(=O)c2ccccc2)cc1. The second kappa shape index (κ2) is 13.9. The molecule has 0 fully saturated rings. The van der Waals surface area contributed by atoms with E-state index in [0.29, 0.717) is 41.2 Å². The van der Waals surface area contributed by atoms with Crippen molar-refractivity contribution in [3.05, 3.63) is 137 Å². The third-order valence-electron chi connectivity index (χ3n) is 9.33. The minimum absolute atomic E-state index is 0.0646. The first-order valence-electron chi connectivity index (χ1n) is 16.0. The smallest absolute Gasteiger partial charge is 0.264 e. The summed E-state index contributed by atoms with van der Waals surface area (Å²) in [6.45, 7) is 2.24. The number of carbonyl (C=O) groups is 3. The number of aliphatic hydroxyl groups is 2. The van der Waals surface area contributed by atoms with E-state index in [1.165, 1.54) is 7.11 Å². The molecule has 246 valence electrons. The number of aliphatic hydroxyl groups excluding tert-OH is 1. The number of rotatable bonds is 10. The predicted molar refractivity (Wildman–Crippen MR) is 183 cm³/mol. The van der Waals surface area contributed by atoms with E-state index in [1.807, 2.05) is 42.5 Å². The van der Waals surface area contributed by atoms with Crippen LogP contribution in [0.25, 0.3) is 0 Å². The van der Waals surface area contributed by atoms with Crippen LogP contribution in [0.2, 0.25) is 0 Å². The fourth-order valence-corrected chi connectivity index (χ4v) is 6.55. The first-order valence-corrected chi connectivity index (χ1v) is 16.0. The minimum atomic E-state index is -1.90.